The highest BCUT2D eigenvalue weighted by Crippen LogP contribution is 2.06. The van der Waals surface area contributed by atoms with Gasteiger partial charge in [0.25, 0.3) is 0 Å². The van der Waals surface area contributed by atoms with E-state index in [1.807, 2.05) is 5.43 Å². The Morgan fingerprint density at radius 1 is 1.71 bits per heavy atom. The molecule has 2 nitrogen and oxygen atoms in total. The van der Waals surface area contributed by atoms with Crippen molar-refractivity contribution in [3.05, 3.63) is 12.0 Å². The lowest BCUT2D eigenvalue weighted by atomic mass is 10.6. The summed E-state index contributed by atoms with van der Waals surface area (Å²) in [5.41, 5.74) is 4.14. The minimum Gasteiger partial charge on any atom is -0.323 e. The summed E-state index contributed by atoms with van der Waals surface area (Å²) in [6.07, 6.45) is -0.718. The summed E-state index contributed by atoms with van der Waals surface area (Å²) >= 11 is 0. The summed E-state index contributed by atoms with van der Waals surface area (Å²) in [6, 6.07) is 0. The molecular formula is C3H4F2N2. The molecule has 2 N–H and O–H groups in total. The van der Waals surface area contributed by atoms with Crippen LogP contribution >= 0.6 is 0 Å². The van der Waals surface area contributed by atoms with Gasteiger partial charge in [-0.25, -0.2) is 8.78 Å². The second-order valence-electron chi connectivity index (χ2n) is 1.18. The van der Waals surface area contributed by atoms with Crippen molar-refractivity contribution in [2.24, 2.45) is 0 Å². The van der Waals surface area contributed by atoms with Gasteiger partial charge in [0, 0.05) is 6.20 Å². The maximum atomic E-state index is 11.7. The average molecular weight is 106 g/mol. The Balaban J connectivity index is 2.54. The van der Waals surface area contributed by atoms with Crippen molar-refractivity contribution >= 4 is 0 Å². The molecule has 1 atom stereocenters. The summed E-state index contributed by atoms with van der Waals surface area (Å²) in [7, 11) is 0. The Labute approximate surface area is 39.2 Å². The predicted octanol–water partition coefficient (Wildman–Crippen LogP) is 0.201. The second kappa shape index (κ2) is 1.46. The van der Waals surface area contributed by atoms with E-state index in [4.69, 9.17) is 0 Å². The third kappa shape index (κ3) is 0.691. The highest BCUT2D eigenvalue weighted by atomic mass is 19.2. The van der Waals surface area contributed by atoms with Crippen LogP contribution in [0.3, 0.4) is 0 Å². The molecule has 1 unspecified atom stereocenters. The van der Waals surface area contributed by atoms with E-state index in [0.717, 1.165) is 6.20 Å². The quantitative estimate of drug-likeness (QED) is 0.431. The molecule has 0 spiro atoms. The summed E-state index contributed by atoms with van der Waals surface area (Å²) in [4.78, 5) is 0. The first-order valence-corrected chi connectivity index (χ1v) is 1.81. The van der Waals surface area contributed by atoms with E-state index in [1.54, 1.807) is 0 Å². The van der Waals surface area contributed by atoms with E-state index in [0.29, 0.717) is 0 Å². The fourth-order valence-corrected chi connectivity index (χ4v) is 0.326. The SMILES string of the molecule is FC1=CNNC1F. The molecule has 0 aliphatic carbocycles. The van der Waals surface area contributed by atoms with E-state index in [1.165, 1.54) is 0 Å². The molecule has 4 heteroatoms. The summed E-state index contributed by atoms with van der Waals surface area (Å²) in [5, 5.41) is 0. The van der Waals surface area contributed by atoms with Crippen LogP contribution in [0.25, 0.3) is 0 Å². The molecule has 0 radical (unpaired) electrons. The number of alkyl halides is 1. The zero-order valence-corrected chi connectivity index (χ0v) is 3.41. The molecule has 1 rings (SSSR count). The molecule has 0 bridgehead atoms. The van der Waals surface area contributed by atoms with Gasteiger partial charge in [-0.15, -0.1) is 0 Å². The van der Waals surface area contributed by atoms with E-state index >= 15 is 0 Å². The molecular weight excluding hydrogens is 102 g/mol. The fourth-order valence-electron chi connectivity index (χ4n) is 0.326. The minimum atomic E-state index is -1.65. The van der Waals surface area contributed by atoms with Crippen molar-refractivity contribution in [2.45, 2.75) is 6.30 Å². The van der Waals surface area contributed by atoms with Gasteiger partial charge in [0.05, 0.1) is 0 Å². The highest BCUT2D eigenvalue weighted by molar-refractivity contribution is 5.00. The Hall–Kier alpha value is -0.640. The molecule has 0 fully saturated rings. The minimum absolute atomic E-state index is 0.806. The van der Waals surface area contributed by atoms with Crippen LogP contribution in [0.5, 0.6) is 0 Å². The molecule has 0 saturated carbocycles. The van der Waals surface area contributed by atoms with Crippen LogP contribution in [-0.4, -0.2) is 6.30 Å². The van der Waals surface area contributed by atoms with Gasteiger partial charge >= 0.3 is 0 Å². The molecule has 0 aromatic carbocycles. The molecule has 1 aliphatic rings. The zero-order chi connectivity index (χ0) is 5.28. The molecule has 0 aromatic heterocycles. The van der Waals surface area contributed by atoms with Crippen molar-refractivity contribution in [1.29, 1.82) is 0 Å². The fraction of sp³-hybridized carbons (Fsp3) is 0.333. The van der Waals surface area contributed by atoms with Gasteiger partial charge < -0.3 is 5.43 Å². The van der Waals surface area contributed by atoms with E-state index in [9.17, 15) is 8.78 Å². The van der Waals surface area contributed by atoms with Crippen molar-refractivity contribution in [3.63, 3.8) is 0 Å². The highest BCUT2D eigenvalue weighted by Gasteiger charge is 2.15. The molecule has 0 aromatic rings. The first-order valence-electron chi connectivity index (χ1n) is 1.81. The van der Waals surface area contributed by atoms with Gasteiger partial charge in [-0.1, -0.05) is 0 Å². The lowest BCUT2D eigenvalue weighted by Crippen LogP contribution is -2.27. The third-order valence-electron chi connectivity index (χ3n) is 0.662. The van der Waals surface area contributed by atoms with Crippen LogP contribution in [0.2, 0.25) is 0 Å². The van der Waals surface area contributed by atoms with Crippen molar-refractivity contribution in [3.8, 4) is 0 Å². The number of hydrogen-bond donors (Lipinski definition) is 2. The smallest absolute Gasteiger partial charge is 0.220 e. The van der Waals surface area contributed by atoms with Crippen molar-refractivity contribution < 1.29 is 8.78 Å². The lowest BCUT2D eigenvalue weighted by molar-refractivity contribution is 0.285. The molecule has 40 valence electrons. The van der Waals surface area contributed by atoms with Gasteiger partial charge in [-0.2, -0.15) is 5.43 Å². The summed E-state index contributed by atoms with van der Waals surface area (Å²) < 4.78 is 23.4. The summed E-state index contributed by atoms with van der Waals surface area (Å²) in [6.45, 7) is 0. The predicted molar refractivity (Wildman–Crippen MR) is 20.4 cm³/mol. The van der Waals surface area contributed by atoms with Gasteiger partial charge in [-0.05, 0) is 0 Å². The van der Waals surface area contributed by atoms with Crippen LogP contribution in [0.1, 0.15) is 0 Å². The van der Waals surface area contributed by atoms with Crippen molar-refractivity contribution in [1.82, 2.24) is 10.9 Å². The maximum Gasteiger partial charge on any atom is 0.220 e. The molecule has 0 amide bonds. The average Bonchev–Trinajstić information content (AvgIpc) is 1.91. The number of rotatable bonds is 0. The lowest BCUT2D eigenvalue weighted by Gasteiger charge is -1.93. The number of hydrogen-bond acceptors (Lipinski definition) is 2. The topological polar surface area (TPSA) is 24.1 Å². The van der Waals surface area contributed by atoms with Crippen molar-refractivity contribution in [2.75, 3.05) is 0 Å². The van der Waals surface area contributed by atoms with Crippen LogP contribution in [-0.2, 0) is 0 Å². The normalized spacial score (nSPS) is 29.4. The molecule has 1 aliphatic heterocycles. The Bertz CT molecular complexity index is 101. The molecule has 7 heavy (non-hydrogen) atoms. The monoisotopic (exact) mass is 106 g/mol. The van der Waals surface area contributed by atoms with E-state index < -0.39 is 12.1 Å². The number of hydrazine groups is 1. The Morgan fingerprint density at radius 2 is 2.43 bits per heavy atom. The largest absolute Gasteiger partial charge is 0.323 e. The van der Waals surface area contributed by atoms with Crippen LogP contribution in [0.15, 0.2) is 12.0 Å². The maximum absolute atomic E-state index is 11.7. The standard InChI is InChI=1S/C3H4F2N2/c4-2-1-6-7-3(2)5/h1,3,6-7H. The van der Waals surface area contributed by atoms with Crippen LogP contribution < -0.4 is 10.9 Å². The molecule has 1 heterocycles. The van der Waals surface area contributed by atoms with E-state index in [2.05, 4.69) is 5.43 Å². The van der Waals surface area contributed by atoms with Gasteiger partial charge in [0.1, 0.15) is 0 Å². The molecule has 0 saturated heterocycles. The number of halogens is 2. The van der Waals surface area contributed by atoms with Gasteiger partial charge in [-0.3, -0.25) is 0 Å². The third-order valence-corrected chi connectivity index (χ3v) is 0.662. The number of nitrogens with one attached hydrogen (secondary N) is 2. The zero-order valence-electron chi connectivity index (χ0n) is 3.41. The van der Waals surface area contributed by atoms with Crippen LogP contribution in [0, 0.1) is 0 Å². The summed E-state index contributed by atoms with van der Waals surface area (Å²) in [5.74, 6) is -0.806. The van der Waals surface area contributed by atoms with Gasteiger partial charge in [0.2, 0.25) is 6.30 Å². The Kier molecular flexibility index (Phi) is 0.941. The van der Waals surface area contributed by atoms with Crippen LogP contribution in [0.4, 0.5) is 8.78 Å². The Morgan fingerprint density at radius 3 is 2.57 bits per heavy atom. The first kappa shape index (κ1) is 4.52. The second-order valence-corrected chi connectivity index (χ2v) is 1.18. The van der Waals surface area contributed by atoms with Gasteiger partial charge in [0.15, 0.2) is 5.83 Å². The van der Waals surface area contributed by atoms with E-state index in [-0.39, 0.29) is 0 Å². The first-order chi connectivity index (χ1) is 3.30.